The molecular formula is C25H26N6O3. The minimum absolute atomic E-state index is 0.0906. The minimum Gasteiger partial charge on any atom is -0.354 e. The first kappa shape index (κ1) is 21.9. The van der Waals surface area contributed by atoms with Gasteiger partial charge in [-0.15, -0.1) is 0 Å². The van der Waals surface area contributed by atoms with E-state index in [-0.39, 0.29) is 30.3 Å². The van der Waals surface area contributed by atoms with E-state index in [1.54, 1.807) is 40.3 Å². The number of fused-ring (bicyclic) bond motifs is 1. The third-order valence-electron chi connectivity index (χ3n) is 6.66. The fourth-order valence-corrected chi connectivity index (χ4v) is 4.82. The van der Waals surface area contributed by atoms with Crippen LogP contribution in [0.15, 0.2) is 42.6 Å². The molecule has 3 aliphatic rings. The van der Waals surface area contributed by atoms with Crippen LogP contribution >= 0.6 is 0 Å². The molecule has 1 aromatic carbocycles. The van der Waals surface area contributed by atoms with Crippen molar-refractivity contribution in [2.75, 3.05) is 37.6 Å². The molecule has 1 atom stereocenters. The van der Waals surface area contributed by atoms with Gasteiger partial charge in [0.25, 0.3) is 5.91 Å². The third-order valence-corrected chi connectivity index (χ3v) is 6.66. The van der Waals surface area contributed by atoms with Crippen molar-refractivity contribution in [3.8, 4) is 6.07 Å². The summed E-state index contributed by atoms with van der Waals surface area (Å²) >= 11 is 0. The number of amides is 3. The average molecular weight is 459 g/mol. The maximum atomic E-state index is 13.1. The Morgan fingerprint density at radius 3 is 2.71 bits per heavy atom. The summed E-state index contributed by atoms with van der Waals surface area (Å²) in [5.74, 6) is 0.0511. The van der Waals surface area contributed by atoms with E-state index in [1.807, 2.05) is 17.0 Å². The molecule has 0 radical (unpaired) electrons. The Bertz CT molecular complexity index is 1170. The fourth-order valence-electron chi connectivity index (χ4n) is 4.82. The molecule has 1 aliphatic carbocycles. The Hall–Kier alpha value is -3.93. The molecule has 9 nitrogen and oxygen atoms in total. The molecule has 1 N–H and O–H groups in total. The second-order valence-corrected chi connectivity index (χ2v) is 8.86. The zero-order valence-corrected chi connectivity index (χ0v) is 18.8. The van der Waals surface area contributed by atoms with Crippen LogP contribution in [0.1, 0.15) is 46.8 Å². The molecule has 0 spiro atoms. The van der Waals surface area contributed by atoms with Gasteiger partial charge in [0.2, 0.25) is 11.8 Å². The lowest BCUT2D eigenvalue weighted by molar-refractivity contribution is -0.134. The molecule has 1 aromatic heterocycles. The number of benzene rings is 1. The van der Waals surface area contributed by atoms with Gasteiger partial charge in [0.05, 0.1) is 12.1 Å². The lowest BCUT2D eigenvalue weighted by Gasteiger charge is -2.26. The monoisotopic (exact) mass is 458 g/mol. The summed E-state index contributed by atoms with van der Waals surface area (Å²) in [5, 5.41) is 12.1. The number of rotatable bonds is 5. The first-order chi connectivity index (χ1) is 16.6. The number of nitrogens with zero attached hydrogens (tertiary/aromatic N) is 5. The average Bonchev–Trinajstić information content (AvgIpc) is 3.69. The predicted molar refractivity (Wildman–Crippen MR) is 124 cm³/mol. The number of pyridine rings is 1. The topological polar surface area (TPSA) is 110 Å². The van der Waals surface area contributed by atoms with Crippen molar-refractivity contribution in [3.63, 3.8) is 0 Å². The van der Waals surface area contributed by atoms with Crippen molar-refractivity contribution in [2.24, 2.45) is 0 Å². The van der Waals surface area contributed by atoms with E-state index in [1.165, 1.54) is 0 Å². The number of carbonyl (C=O) groups is 3. The summed E-state index contributed by atoms with van der Waals surface area (Å²) in [6.07, 6.45) is 4.20. The summed E-state index contributed by atoms with van der Waals surface area (Å²) in [5.41, 5.74) is 1.79. The standard InChI is InChI=1S/C25H26N6O3/c26-15-17-5-3-10-27-23(17)30-12-4-11-29(13-14-30)21(32)16-28-24(33)22-19-6-1-2-7-20(19)25(34)31(22)18-8-9-18/h1-3,5-7,10,18,22H,4,8-9,11-14,16H2,(H,28,33). The first-order valence-corrected chi connectivity index (χ1v) is 11.7. The third kappa shape index (κ3) is 4.07. The minimum atomic E-state index is -0.683. The van der Waals surface area contributed by atoms with Crippen molar-refractivity contribution < 1.29 is 14.4 Å². The molecule has 3 heterocycles. The lowest BCUT2D eigenvalue weighted by Crippen LogP contribution is -2.45. The molecule has 3 amide bonds. The van der Waals surface area contributed by atoms with Crippen LogP contribution in [0.3, 0.4) is 0 Å². The fraction of sp³-hybridized carbons (Fsp3) is 0.400. The molecule has 1 unspecified atom stereocenters. The van der Waals surface area contributed by atoms with Gasteiger partial charge in [0, 0.05) is 44.0 Å². The quantitative estimate of drug-likeness (QED) is 0.727. The Balaban J connectivity index is 1.21. The lowest BCUT2D eigenvalue weighted by atomic mass is 10.0. The van der Waals surface area contributed by atoms with Crippen LogP contribution in [0.5, 0.6) is 0 Å². The van der Waals surface area contributed by atoms with Crippen molar-refractivity contribution in [1.82, 2.24) is 20.1 Å². The number of hydrogen-bond donors (Lipinski definition) is 1. The zero-order chi connectivity index (χ0) is 23.7. The van der Waals surface area contributed by atoms with Gasteiger partial charge in [0.1, 0.15) is 17.9 Å². The molecule has 174 valence electrons. The summed E-state index contributed by atoms with van der Waals surface area (Å²) < 4.78 is 0. The Morgan fingerprint density at radius 2 is 1.91 bits per heavy atom. The highest BCUT2D eigenvalue weighted by Crippen LogP contribution is 2.41. The van der Waals surface area contributed by atoms with Crippen molar-refractivity contribution in [3.05, 3.63) is 59.3 Å². The molecule has 34 heavy (non-hydrogen) atoms. The second kappa shape index (κ2) is 9.14. The summed E-state index contributed by atoms with van der Waals surface area (Å²) in [7, 11) is 0. The number of hydrogen-bond acceptors (Lipinski definition) is 6. The van der Waals surface area contributed by atoms with Crippen LogP contribution in [0.4, 0.5) is 5.82 Å². The van der Waals surface area contributed by atoms with Crippen LogP contribution in [0, 0.1) is 11.3 Å². The second-order valence-electron chi connectivity index (χ2n) is 8.86. The maximum absolute atomic E-state index is 13.1. The normalized spacial score (nSPS) is 19.9. The van der Waals surface area contributed by atoms with E-state index in [2.05, 4.69) is 16.4 Å². The Kier molecular flexibility index (Phi) is 5.88. The van der Waals surface area contributed by atoms with Gasteiger partial charge < -0.3 is 20.0 Å². The van der Waals surface area contributed by atoms with Crippen LogP contribution < -0.4 is 10.2 Å². The number of nitrogens with one attached hydrogen (secondary N) is 1. The number of aromatic nitrogens is 1. The molecule has 2 fully saturated rings. The molecule has 1 saturated carbocycles. The highest BCUT2D eigenvalue weighted by molar-refractivity contribution is 6.05. The Labute approximate surface area is 198 Å². The summed E-state index contributed by atoms with van der Waals surface area (Å²) in [6.45, 7) is 2.19. The van der Waals surface area contributed by atoms with Crippen LogP contribution in [0.25, 0.3) is 0 Å². The van der Waals surface area contributed by atoms with Crippen LogP contribution in [-0.4, -0.2) is 71.3 Å². The van der Waals surface area contributed by atoms with E-state index in [0.29, 0.717) is 48.7 Å². The van der Waals surface area contributed by atoms with Gasteiger partial charge >= 0.3 is 0 Å². The van der Waals surface area contributed by atoms with E-state index in [0.717, 1.165) is 19.3 Å². The molecule has 1 saturated heterocycles. The van der Waals surface area contributed by atoms with E-state index < -0.39 is 6.04 Å². The zero-order valence-electron chi connectivity index (χ0n) is 18.8. The van der Waals surface area contributed by atoms with Gasteiger partial charge in [-0.05, 0) is 43.0 Å². The predicted octanol–water partition coefficient (Wildman–Crippen LogP) is 1.47. The highest BCUT2D eigenvalue weighted by Gasteiger charge is 2.47. The van der Waals surface area contributed by atoms with Crippen molar-refractivity contribution in [2.45, 2.75) is 31.3 Å². The van der Waals surface area contributed by atoms with Gasteiger partial charge in [-0.25, -0.2) is 4.98 Å². The molecule has 9 heteroatoms. The SMILES string of the molecule is N#Cc1cccnc1N1CCCN(C(=O)CNC(=O)C2c3ccccc3C(=O)N2C2CC2)CC1. The van der Waals surface area contributed by atoms with E-state index in [9.17, 15) is 19.6 Å². The van der Waals surface area contributed by atoms with Gasteiger partial charge in [-0.2, -0.15) is 5.26 Å². The van der Waals surface area contributed by atoms with E-state index in [4.69, 9.17) is 0 Å². The van der Waals surface area contributed by atoms with Gasteiger partial charge in [-0.3, -0.25) is 14.4 Å². The molecule has 0 bridgehead atoms. The smallest absolute Gasteiger partial charge is 0.255 e. The number of carbonyl (C=O) groups excluding carboxylic acids is 3. The maximum Gasteiger partial charge on any atom is 0.255 e. The summed E-state index contributed by atoms with van der Waals surface area (Å²) in [6, 6.07) is 12.3. The largest absolute Gasteiger partial charge is 0.354 e. The molecule has 2 aliphatic heterocycles. The highest BCUT2D eigenvalue weighted by atomic mass is 16.2. The van der Waals surface area contributed by atoms with Crippen LogP contribution in [0.2, 0.25) is 0 Å². The number of nitriles is 1. The van der Waals surface area contributed by atoms with Gasteiger partial charge in [0.15, 0.2) is 0 Å². The number of anilines is 1. The van der Waals surface area contributed by atoms with Crippen molar-refractivity contribution >= 4 is 23.5 Å². The van der Waals surface area contributed by atoms with Crippen molar-refractivity contribution in [1.29, 1.82) is 5.26 Å². The Morgan fingerprint density at radius 1 is 1.09 bits per heavy atom. The van der Waals surface area contributed by atoms with Gasteiger partial charge in [-0.1, -0.05) is 18.2 Å². The van der Waals surface area contributed by atoms with Crippen LogP contribution in [-0.2, 0) is 9.59 Å². The molecule has 2 aromatic rings. The summed E-state index contributed by atoms with van der Waals surface area (Å²) in [4.78, 5) is 48.7. The first-order valence-electron chi connectivity index (χ1n) is 11.7. The van der Waals surface area contributed by atoms with E-state index >= 15 is 0 Å². The molecule has 5 rings (SSSR count). The molecular weight excluding hydrogens is 432 g/mol.